The van der Waals surface area contributed by atoms with Crippen molar-refractivity contribution in [3.63, 3.8) is 0 Å². The summed E-state index contributed by atoms with van der Waals surface area (Å²) in [6.45, 7) is -0.869. The van der Waals surface area contributed by atoms with E-state index in [0.717, 1.165) is 0 Å². The van der Waals surface area contributed by atoms with Gasteiger partial charge in [-0.15, -0.1) is 0 Å². The molecule has 0 radical (unpaired) electrons. The maximum Gasteiger partial charge on any atom is 0.334 e. The Balaban J connectivity index is 3.90. The molecule has 0 saturated heterocycles. The van der Waals surface area contributed by atoms with Crippen LogP contribution in [0.15, 0.2) is 0 Å². The van der Waals surface area contributed by atoms with Crippen LogP contribution in [0.25, 0.3) is 0 Å². The maximum atomic E-state index is 11.4. The van der Waals surface area contributed by atoms with Gasteiger partial charge in [0.25, 0.3) is 0 Å². The van der Waals surface area contributed by atoms with E-state index in [2.05, 4.69) is 4.52 Å². The first-order chi connectivity index (χ1) is 5.68. The molecule has 0 bridgehead atoms. The molecule has 0 aromatic carbocycles. The molecule has 4 N–H and O–H groups in total. The van der Waals surface area contributed by atoms with Gasteiger partial charge in [0, 0.05) is 0 Å². The third-order valence-electron chi connectivity index (χ3n) is 1.02. The first-order valence-corrected chi connectivity index (χ1v) is 5.21. The molecule has 0 aliphatic carbocycles. The Morgan fingerprint density at radius 1 is 1.25 bits per heavy atom. The van der Waals surface area contributed by atoms with Gasteiger partial charge in [0.1, 0.15) is 6.73 Å². The fourth-order valence-electron chi connectivity index (χ4n) is 0.582. The summed E-state index contributed by atoms with van der Waals surface area (Å²) in [6, 6.07) is 0. The molecule has 7 heteroatoms. The van der Waals surface area contributed by atoms with Gasteiger partial charge in [0.05, 0.1) is 26.0 Å². The molecule has 0 aromatic rings. The van der Waals surface area contributed by atoms with Crippen LogP contribution in [0.2, 0.25) is 0 Å². The molecule has 74 valence electrons. The second-order valence-corrected chi connectivity index (χ2v) is 4.10. The Morgan fingerprint density at radius 3 is 2.33 bits per heavy atom. The van der Waals surface area contributed by atoms with E-state index < -0.39 is 7.60 Å². The molecule has 0 saturated carbocycles. The highest BCUT2D eigenvalue weighted by Crippen LogP contribution is 2.46. The van der Waals surface area contributed by atoms with E-state index in [4.69, 9.17) is 20.5 Å². The lowest BCUT2D eigenvalue weighted by Gasteiger charge is -2.15. The lowest BCUT2D eigenvalue weighted by Crippen LogP contribution is -2.10. The van der Waals surface area contributed by atoms with Crippen LogP contribution in [0.4, 0.5) is 0 Å². The minimum atomic E-state index is -3.27. The Morgan fingerprint density at radius 2 is 1.92 bits per heavy atom. The molecule has 6 nitrogen and oxygen atoms in total. The summed E-state index contributed by atoms with van der Waals surface area (Å²) in [5.74, 6) is 0. The Bertz CT molecular complexity index is 143. The van der Waals surface area contributed by atoms with Gasteiger partial charge in [0.2, 0.25) is 0 Å². The quantitative estimate of drug-likeness (QED) is 0.363. The van der Waals surface area contributed by atoms with Crippen molar-refractivity contribution in [2.24, 2.45) is 5.73 Å². The maximum absolute atomic E-state index is 11.4. The number of hydrogen-bond acceptors (Lipinski definition) is 6. The predicted molar refractivity (Wildman–Crippen MR) is 42.7 cm³/mol. The number of rotatable bonds is 7. The highest BCUT2D eigenvalue weighted by atomic mass is 31.2. The SMILES string of the molecule is NCOP(=O)(CCO)OCCO. The highest BCUT2D eigenvalue weighted by Gasteiger charge is 2.22. The monoisotopic (exact) mass is 199 g/mol. The normalized spacial score (nSPS) is 15.9. The average Bonchev–Trinajstić information content (AvgIpc) is 2.02. The van der Waals surface area contributed by atoms with E-state index in [0.29, 0.717) is 0 Å². The van der Waals surface area contributed by atoms with Crippen LogP contribution in [0.1, 0.15) is 0 Å². The first-order valence-electron chi connectivity index (χ1n) is 3.48. The predicted octanol–water partition coefficient (Wildman–Crippen LogP) is -0.887. The van der Waals surface area contributed by atoms with Crippen LogP contribution in [-0.2, 0) is 13.6 Å². The van der Waals surface area contributed by atoms with Gasteiger partial charge in [-0.3, -0.25) is 9.09 Å². The van der Waals surface area contributed by atoms with E-state index in [1.165, 1.54) is 0 Å². The van der Waals surface area contributed by atoms with E-state index >= 15 is 0 Å². The van der Waals surface area contributed by atoms with Crippen molar-refractivity contribution in [3.05, 3.63) is 0 Å². The third kappa shape index (κ3) is 4.82. The Kier molecular flexibility index (Phi) is 6.55. The fraction of sp³-hybridized carbons (Fsp3) is 1.00. The molecule has 0 heterocycles. The van der Waals surface area contributed by atoms with Crippen LogP contribution in [-0.4, -0.2) is 42.9 Å². The van der Waals surface area contributed by atoms with Crippen molar-refractivity contribution >= 4 is 7.60 Å². The molecule has 12 heavy (non-hydrogen) atoms. The number of nitrogens with two attached hydrogens (primary N) is 1. The summed E-state index contributed by atoms with van der Waals surface area (Å²) in [7, 11) is -3.27. The van der Waals surface area contributed by atoms with Gasteiger partial charge in [-0.1, -0.05) is 0 Å². The van der Waals surface area contributed by atoms with Gasteiger partial charge in [-0.2, -0.15) is 0 Å². The zero-order chi connectivity index (χ0) is 9.45. The molecule has 0 aliphatic rings. The largest absolute Gasteiger partial charge is 0.396 e. The molecule has 0 aliphatic heterocycles. The van der Waals surface area contributed by atoms with Crippen LogP contribution < -0.4 is 5.73 Å². The Hall–Kier alpha value is 0.0300. The van der Waals surface area contributed by atoms with Crippen LogP contribution >= 0.6 is 7.60 Å². The van der Waals surface area contributed by atoms with E-state index in [9.17, 15) is 4.57 Å². The van der Waals surface area contributed by atoms with Gasteiger partial charge >= 0.3 is 7.60 Å². The number of aliphatic hydroxyl groups is 2. The fourth-order valence-corrected chi connectivity index (χ4v) is 1.75. The molecule has 0 aromatic heterocycles. The van der Waals surface area contributed by atoms with Gasteiger partial charge < -0.3 is 20.5 Å². The van der Waals surface area contributed by atoms with E-state index in [-0.39, 0.29) is 32.7 Å². The zero-order valence-corrected chi connectivity index (χ0v) is 7.57. The average molecular weight is 199 g/mol. The zero-order valence-electron chi connectivity index (χ0n) is 6.68. The summed E-state index contributed by atoms with van der Waals surface area (Å²) in [4.78, 5) is 0. The molecule has 1 unspecified atom stereocenters. The number of hydrogen-bond donors (Lipinski definition) is 3. The summed E-state index contributed by atoms with van der Waals surface area (Å²) in [5.41, 5.74) is 5.00. The van der Waals surface area contributed by atoms with Gasteiger partial charge in [0.15, 0.2) is 0 Å². The molecule has 0 amide bonds. The standard InChI is InChI=1S/C5H14NO5P/c6-5-11-12(9,4-2-8)10-3-1-7/h7-8H,1-6H2. The first kappa shape index (κ1) is 12.0. The molecular formula is C5H14NO5P. The minimum absolute atomic E-state index is 0.0860. The molecule has 0 spiro atoms. The summed E-state index contributed by atoms with van der Waals surface area (Å²) < 4.78 is 20.7. The van der Waals surface area contributed by atoms with E-state index in [1.54, 1.807) is 0 Å². The third-order valence-corrected chi connectivity index (χ3v) is 2.89. The van der Waals surface area contributed by atoms with Crippen molar-refractivity contribution in [1.29, 1.82) is 0 Å². The molecular weight excluding hydrogens is 185 g/mol. The minimum Gasteiger partial charge on any atom is -0.396 e. The highest BCUT2D eigenvalue weighted by molar-refractivity contribution is 7.53. The van der Waals surface area contributed by atoms with Crippen molar-refractivity contribution in [2.45, 2.75) is 0 Å². The van der Waals surface area contributed by atoms with E-state index in [1.807, 2.05) is 0 Å². The molecule has 0 rings (SSSR count). The summed E-state index contributed by atoms with van der Waals surface area (Å²) in [6.07, 6.45) is -0.107. The number of aliphatic hydroxyl groups excluding tert-OH is 2. The van der Waals surface area contributed by atoms with Gasteiger partial charge in [-0.25, -0.2) is 0 Å². The smallest absolute Gasteiger partial charge is 0.334 e. The Labute approximate surface area is 70.8 Å². The van der Waals surface area contributed by atoms with Gasteiger partial charge in [-0.05, 0) is 0 Å². The van der Waals surface area contributed by atoms with Crippen molar-refractivity contribution in [1.82, 2.24) is 0 Å². The van der Waals surface area contributed by atoms with Crippen LogP contribution in [0.3, 0.4) is 0 Å². The summed E-state index contributed by atoms with van der Waals surface area (Å²) in [5, 5.41) is 16.9. The second kappa shape index (κ2) is 6.54. The molecule has 1 atom stereocenters. The second-order valence-electron chi connectivity index (χ2n) is 1.91. The van der Waals surface area contributed by atoms with Crippen molar-refractivity contribution < 1.29 is 23.8 Å². The van der Waals surface area contributed by atoms with Crippen molar-refractivity contribution in [2.75, 3.05) is 32.7 Å². The van der Waals surface area contributed by atoms with Crippen molar-refractivity contribution in [3.8, 4) is 0 Å². The van der Waals surface area contributed by atoms with Crippen LogP contribution in [0, 0.1) is 0 Å². The lowest BCUT2D eigenvalue weighted by atomic mass is 10.8. The lowest BCUT2D eigenvalue weighted by molar-refractivity contribution is 0.159. The topological polar surface area (TPSA) is 102 Å². The summed E-state index contributed by atoms with van der Waals surface area (Å²) >= 11 is 0. The molecule has 0 fully saturated rings. The van der Waals surface area contributed by atoms with Crippen LogP contribution in [0.5, 0.6) is 0 Å².